The lowest BCUT2D eigenvalue weighted by Gasteiger charge is -2.24. The first-order valence-corrected chi connectivity index (χ1v) is 7.71. The van der Waals surface area contributed by atoms with Crippen LogP contribution in [0.15, 0.2) is 18.2 Å². The molecule has 0 amide bonds. The fourth-order valence-electron chi connectivity index (χ4n) is 3.23. The quantitative estimate of drug-likeness (QED) is 0.841. The van der Waals surface area contributed by atoms with Gasteiger partial charge in [0.15, 0.2) is 11.5 Å². The molecule has 1 aliphatic heterocycles. The molecule has 2 unspecified atom stereocenters. The van der Waals surface area contributed by atoms with Gasteiger partial charge in [-0.1, -0.05) is 25.0 Å². The van der Waals surface area contributed by atoms with E-state index in [4.69, 9.17) is 9.47 Å². The summed E-state index contributed by atoms with van der Waals surface area (Å²) in [5.41, 5.74) is 1.04. The van der Waals surface area contributed by atoms with E-state index >= 15 is 0 Å². The number of rotatable bonds is 2. The van der Waals surface area contributed by atoms with Crippen molar-refractivity contribution in [3.05, 3.63) is 23.8 Å². The van der Waals surface area contributed by atoms with Gasteiger partial charge < -0.3 is 14.6 Å². The Morgan fingerprint density at radius 2 is 2.00 bits per heavy atom. The summed E-state index contributed by atoms with van der Waals surface area (Å²) in [6.07, 6.45) is 5.63. The number of benzene rings is 1. The molecule has 3 heteroatoms. The number of hydrogen-bond acceptors (Lipinski definition) is 3. The van der Waals surface area contributed by atoms with Gasteiger partial charge in [-0.3, -0.25) is 0 Å². The van der Waals surface area contributed by atoms with E-state index in [0.29, 0.717) is 0 Å². The number of aliphatic hydroxyl groups excluding tert-OH is 1. The van der Waals surface area contributed by atoms with Gasteiger partial charge in [-0.15, -0.1) is 0 Å². The molecule has 2 aliphatic rings. The monoisotopic (exact) mass is 276 g/mol. The Morgan fingerprint density at radius 1 is 1.20 bits per heavy atom. The van der Waals surface area contributed by atoms with Crippen LogP contribution in [-0.4, -0.2) is 22.9 Å². The van der Waals surface area contributed by atoms with E-state index in [0.717, 1.165) is 43.6 Å². The van der Waals surface area contributed by atoms with Gasteiger partial charge in [-0.05, 0) is 39.2 Å². The Balaban J connectivity index is 1.80. The smallest absolute Gasteiger partial charge is 0.165 e. The highest BCUT2D eigenvalue weighted by Crippen LogP contribution is 2.42. The predicted molar refractivity (Wildman–Crippen MR) is 78.4 cm³/mol. The van der Waals surface area contributed by atoms with Gasteiger partial charge in [0, 0.05) is 12.0 Å². The molecule has 20 heavy (non-hydrogen) atoms. The summed E-state index contributed by atoms with van der Waals surface area (Å²) < 4.78 is 12.1. The highest BCUT2D eigenvalue weighted by molar-refractivity contribution is 5.50. The van der Waals surface area contributed by atoms with Crippen LogP contribution in [0.4, 0.5) is 0 Å². The first-order chi connectivity index (χ1) is 9.55. The van der Waals surface area contributed by atoms with Crippen LogP contribution in [0, 0.1) is 0 Å². The molecule has 110 valence electrons. The molecule has 1 aromatic carbocycles. The number of hydrogen-bond donors (Lipinski definition) is 1. The van der Waals surface area contributed by atoms with E-state index in [-0.39, 0.29) is 17.8 Å². The lowest BCUT2D eigenvalue weighted by atomic mass is 10.0. The molecule has 0 saturated heterocycles. The Morgan fingerprint density at radius 3 is 2.85 bits per heavy atom. The third-order valence-corrected chi connectivity index (χ3v) is 4.25. The van der Waals surface area contributed by atoms with Crippen molar-refractivity contribution in [2.75, 3.05) is 0 Å². The van der Waals surface area contributed by atoms with Crippen LogP contribution in [-0.2, 0) is 6.42 Å². The second kappa shape index (κ2) is 5.28. The van der Waals surface area contributed by atoms with Crippen molar-refractivity contribution >= 4 is 0 Å². The lowest BCUT2D eigenvalue weighted by molar-refractivity contribution is 0.0284. The normalized spacial score (nSPS) is 28.4. The maximum atomic E-state index is 10.2. The molecule has 0 radical (unpaired) electrons. The van der Waals surface area contributed by atoms with Crippen molar-refractivity contribution in [2.24, 2.45) is 0 Å². The zero-order valence-corrected chi connectivity index (χ0v) is 12.4. The highest BCUT2D eigenvalue weighted by Gasteiger charge is 2.33. The summed E-state index contributed by atoms with van der Waals surface area (Å²) in [7, 11) is 0. The Bertz CT molecular complexity index is 481. The molecule has 1 fully saturated rings. The molecule has 1 N–H and O–H groups in total. The van der Waals surface area contributed by atoms with Crippen LogP contribution in [0.2, 0.25) is 0 Å². The molecular formula is C17H24O3. The Labute approximate surface area is 120 Å². The second-order valence-electron chi connectivity index (χ2n) is 6.64. The van der Waals surface area contributed by atoms with Gasteiger partial charge in [0.1, 0.15) is 11.7 Å². The summed E-state index contributed by atoms with van der Waals surface area (Å²) in [5, 5.41) is 10.2. The molecule has 1 aliphatic carbocycles. The largest absolute Gasteiger partial charge is 0.484 e. The molecule has 0 spiro atoms. The van der Waals surface area contributed by atoms with Gasteiger partial charge in [-0.25, -0.2) is 0 Å². The first-order valence-electron chi connectivity index (χ1n) is 7.71. The maximum absolute atomic E-state index is 10.2. The standard InChI is InChI=1S/C17H24O3/c1-17(2)11-12-7-6-10-15(16(12)20-17)19-14-9-5-3-4-8-13(14)18/h6-7,10,13-14,18H,3-5,8-9,11H2,1-2H3. The summed E-state index contributed by atoms with van der Waals surface area (Å²) >= 11 is 0. The minimum Gasteiger partial charge on any atom is -0.484 e. The van der Waals surface area contributed by atoms with Crippen molar-refractivity contribution in [3.8, 4) is 11.5 Å². The second-order valence-corrected chi connectivity index (χ2v) is 6.64. The first kappa shape index (κ1) is 13.7. The SMILES string of the molecule is CC1(C)Cc2cccc(OC3CCCCCC3O)c2O1. The van der Waals surface area contributed by atoms with Gasteiger partial charge in [0.25, 0.3) is 0 Å². The zero-order valence-electron chi connectivity index (χ0n) is 12.4. The number of ether oxygens (including phenoxy) is 2. The maximum Gasteiger partial charge on any atom is 0.165 e. The third kappa shape index (κ3) is 2.78. The molecule has 3 rings (SSSR count). The minimum absolute atomic E-state index is 0.101. The topological polar surface area (TPSA) is 38.7 Å². The van der Waals surface area contributed by atoms with E-state index in [1.165, 1.54) is 12.0 Å². The summed E-state index contributed by atoms with van der Waals surface area (Å²) in [6.45, 7) is 4.19. The van der Waals surface area contributed by atoms with Gasteiger partial charge in [0.2, 0.25) is 0 Å². The van der Waals surface area contributed by atoms with Crippen LogP contribution < -0.4 is 9.47 Å². The van der Waals surface area contributed by atoms with E-state index in [2.05, 4.69) is 19.9 Å². The summed E-state index contributed by atoms with van der Waals surface area (Å²) in [4.78, 5) is 0. The number of para-hydroxylation sites is 1. The van der Waals surface area contributed by atoms with Crippen molar-refractivity contribution in [2.45, 2.75) is 70.2 Å². The molecule has 1 heterocycles. The average Bonchev–Trinajstić information content (AvgIpc) is 2.57. The van der Waals surface area contributed by atoms with Gasteiger partial charge in [0.05, 0.1) is 6.10 Å². The molecule has 1 aromatic rings. The van der Waals surface area contributed by atoms with E-state index < -0.39 is 0 Å². The fourth-order valence-corrected chi connectivity index (χ4v) is 3.23. The van der Waals surface area contributed by atoms with Crippen molar-refractivity contribution in [1.82, 2.24) is 0 Å². The van der Waals surface area contributed by atoms with Crippen molar-refractivity contribution in [3.63, 3.8) is 0 Å². The molecular weight excluding hydrogens is 252 g/mol. The Kier molecular flexibility index (Phi) is 3.63. The average molecular weight is 276 g/mol. The van der Waals surface area contributed by atoms with Gasteiger partial charge in [-0.2, -0.15) is 0 Å². The van der Waals surface area contributed by atoms with Crippen LogP contribution >= 0.6 is 0 Å². The summed E-state index contributed by atoms with van der Waals surface area (Å²) in [6, 6.07) is 6.07. The highest BCUT2D eigenvalue weighted by atomic mass is 16.5. The Hall–Kier alpha value is -1.22. The van der Waals surface area contributed by atoms with E-state index in [9.17, 15) is 5.11 Å². The van der Waals surface area contributed by atoms with Crippen LogP contribution in [0.1, 0.15) is 51.5 Å². The van der Waals surface area contributed by atoms with Crippen molar-refractivity contribution < 1.29 is 14.6 Å². The van der Waals surface area contributed by atoms with Crippen LogP contribution in [0.5, 0.6) is 11.5 Å². The fraction of sp³-hybridized carbons (Fsp3) is 0.647. The van der Waals surface area contributed by atoms with Crippen LogP contribution in [0.3, 0.4) is 0 Å². The predicted octanol–water partition coefficient (Wildman–Crippen LogP) is 3.47. The molecule has 1 saturated carbocycles. The summed E-state index contributed by atoms with van der Waals surface area (Å²) in [5.74, 6) is 1.66. The van der Waals surface area contributed by atoms with E-state index in [1.807, 2.05) is 12.1 Å². The third-order valence-electron chi connectivity index (χ3n) is 4.25. The van der Waals surface area contributed by atoms with E-state index in [1.54, 1.807) is 0 Å². The molecule has 0 aromatic heterocycles. The molecule has 2 atom stereocenters. The van der Waals surface area contributed by atoms with Gasteiger partial charge >= 0.3 is 0 Å². The van der Waals surface area contributed by atoms with Crippen molar-refractivity contribution in [1.29, 1.82) is 0 Å². The number of aliphatic hydroxyl groups is 1. The zero-order chi connectivity index (χ0) is 14.2. The minimum atomic E-state index is -0.359. The molecule has 3 nitrogen and oxygen atoms in total. The van der Waals surface area contributed by atoms with Crippen LogP contribution in [0.25, 0.3) is 0 Å². The lowest BCUT2D eigenvalue weighted by Crippen LogP contribution is -2.30. The molecule has 0 bridgehead atoms. The number of fused-ring (bicyclic) bond motifs is 1.